The molecule has 102 valence electrons. The van der Waals surface area contributed by atoms with Crippen LogP contribution in [0.15, 0.2) is 18.2 Å². The lowest BCUT2D eigenvalue weighted by atomic mass is 10.2. The van der Waals surface area contributed by atoms with Crippen LogP contribution in [0.2, 0.25) is 0 Å². The summed E-state index contributed by atoms with van der Waals surface area (Å²) in [6.45, 7) is 3.64. The number of nitrogens with one attached hydrogen (secondary N) is 1. The Balaban J connectivity index is 2.51. The number of ether oxygens (including phenoxy) is 2. The maximum Gasteiger partial charge on any atom is 0.127 e. The van der Waals surface area contributed by atoms with Crippen LogP contribution in [0.1, 0.15) is 12.5 Å². The highest BCUT2D eigenvalue weighted by atomic mass is 19.1. The molecule has 2 N–H and O–H groups in total. The van der Waals surface area contributed by atoms with E-state index in [1.165, 1.54) is 12.1 Å². The first-order valence-electron chi connectivity index (χ1n) is 5.92. The maximum absolute atomic E-state index is 13.3. The number of methoxy groups -OCH3 is 1. The topological polar surface area (TPSA) is 50.7 Å². The Morgan fingerprint density at radius 1 is 1.39 bits per heavy atom. The van der Waals surface area contributed by atoms with E-state index in [4.69, 9.17) is 14.6 Å². The summed E-state index contributed by atoms with van der Waals surface area (Å²) >= 11 is 0. The van der Waals surface area contributed by atoms with Gasteiger partial charge in [0.1, 0.15) is 18.2 Å². The summed E-state index contributed by atoms with van der Waals surface area (Å²) in [5.74, 6) is 0.0843. The molecule has 1 atom stereocenters. The summed E-state index contributed by atoms with van der Waals surface area (Å²) in [4.78, 5) is 0. The van der Waals surface area contributed by atoms with E-state index in [9.17, 15) is 4.39 Å². The second-order valence-corrected chi connectivity index (χ2v) is 4.12. The number of aliphatic hydroxyl groups excluding tert-OH is 1. The Hall–Kier alpha value is -1.17. The van der Waals surface area contributed by atoms with Crippen molar-refractivity contribution in [2.45, 2.75) is 19.6 Å². The Morgan fingerprint density at radius 3 is 2.83 bits per heavy atom. The fourth-order valence-electron chi connectivity index (χ4n) is 1.43. The van der Waals surface area contributed by atoms with Gasteiger partial charge in [-0.1, -0.05) is 0 Å². The van der Waals surface area contributed by atoms with Crippen molar-refractivity contribution >= 4 is 0 Å². The monoisotopic (exact) mass is 257 g/mol. The highest BCUT2D eigenvalue weighted by Gasteiger charge is 2.03. The molecule has 1 aromatic carbocycles. The third-order valence-corrected chi connectivity index (χ3v) is 2.23. The lowest BCUT2D eigenvalue weighted by Crippen LogP contribution is -2.18. The van der Waals surface area contributed by atoms with Crippen molar-refractivity contribution in [3.05, 3.63) is 29.6 Å². The Labute approximate surface area is 107 Å². The zero-order valence-electron chi connectivity index (χ0n) is 10.8. The van der Waals surface area contributed by atoms with Gasteiger partial charge in [-0.15, -0.1) is 0 Å². The maximum atomic E-state index is 13.3. The molecule has 0 amide bonds. The molecule has 0 bridgehead atoms. The molecule has 0 aromatic heterocycles. The lowest BCUT2D eigenvalue weighted by Gasteiger charge is -2.10. The zero-order valence-corrected chi connectivity index (χ0v) is 10.8. The van der Waals surface area contributed by atoms with Crippen molar-refractivity contribution in [2.24, 2.45) is 0 Å². The minimum Gasteiger partial charge on any atom is -0.491 e. The third-order valence-electron chi connectivity index (χ3n) is 2.23. The van der Waals surface area contributed by atoms with Crippen molar-refractivity contribution < 1.29 is 19.0 Å². The first kappa shape index (κ1) is 14.9. The van der Waals surface area contributed by atoms with Crippen molar-refractivity contribution in [3.63, 3.8) is 0 Å². The number of benzene rings is 1. The van der Waals surface area contributed by atoms with Crippen LogP contribution in [0, 0.1) is 5.82 Å². The van der Waals surface area contributed by atoms with Gasteiger partial charge in [-0.05, 0) is 24.6 Å². The summed E-state index contributed by atoms with van der Waals surface area (Å²) in [6, 6.07) is 4.52. The van der Waals surface area contributed by atoms with Crippen LogP contribution in [0.3, 0.4) is 0 Å². The molecule has 0 saturated heterocycles. The highest BCUT2D eigenvalue weighted by molar-refractivity contribution is 5.29. The molecule has 1 aromatic rings. The Kier molecular flexibility index (Phi) is 6.64. The second kappa shape index (κ2) is 8.02. The fourth-order valence-corrected chi connectivity index (χ4v) is 1.43. The summed E-state index contributed by atoms with van der Waals surface area (Å²) in [5, 5.41) is 12.2. The number of hydrogen-bond donors (Lipinski definition) is 2. The first-order valence-corrected chi connectivity index (χ1v) is 5.92. The SMILES string of the molecule is COCCNCc1cc(F)cc(OCC(C)O)c1. The van der Waals surface area contributed by atoms with Gasteiger partial charge in [0.25, 0.3) is 0 Å². The molecule has 18 heavy (non-hydrogen) atoms. The summed E-state index contributed by atoms with van der Waals surface area (Å²) < 4.78 is 23.5. The standard InChI is InChI=1S/C13H20FNO3/c1-10(16)9-18-13-6-11(5-12(14)7-13)8-15-3-4-17-2/h5-7,10,15-16H,3-4,8-9H2,1-2H3. The number of rotatable bonds is 8. The van der Waals surface area contributed by atoms with Crippen LogP contribution in [-0.2, 0) is 11.3 Å². The zero-order chi connectivity index (χ0) is 13.4. The molecule has 0 heterocycles. The Morgan fingerprint density at radius 2 is 2.17 bits per heavy atom. The molecule has 5 heteroatoms. The smallest absolute Gasteiger partial charge is 0.127 e. The van der Waals surface area contributed by atoms with Gasteiger partial charge < -0.3 is 19.9 Å². The Bertz CT molecular complexity index is 358. The summed E-state index contributed by atoms with van der Waals surface area (Å²) in [7, 11) is 1.63. The molecule has 0 aliphatic rings. The van der Waals surface area contributed by atoms with Crippen LogP contribution in [0.4, 0.5) is 4.39 Å². The molecule has 0 aliphatic heterocycles. The lowest BCUT2D eigenvalue weighted by molar-refractivity contribution is 0.122. The van der Waals surface area contributed by atoms with Gasteiger partial charge in [0.2, 0.25) is 0 Å². The van der Waals surface area contributed by atoms with Crippen LogP contribution in [0.5, 0.6) is 5.75 Å². The van der Waals surface area contributed by atoms with Crippen molar-refractivity contribution in [2.75, 3.05) is 26.9 Å². The quantitative estimate of drug-likeness (QED) is 0.690. The van der Waals surface area contributed by atoms with E-state index < -0.39 is 6.10 Å². The van der Waals surface area contributed by atoms with Crippen molar-refractivity contribution in [3.8, 4) is 5.75 Å². The van der Waals surface area contributed by atoms with E-state index in [0.29, 0.717) is 25.4 Å². The predicted octanol–water partition coefficient (Wildman–Crippen LogP) is 1.32. The van der Waals surface area contributed by atoms with Gasteiger partial charge in [0.15, 0.2) is 0 Å². The van der Waals surface area contributed by atoms with Crippen LogP contribution in [-0.4, -0.2) is 38.1 Å². The van der Waals surface area contributed by atoms with Crippen molar-refractivity contribution in [1.82, 2.24) is 5.32 Å². The van der Waals surface area contributed by atoms with Crippen LogP contribution in [0.25, 0.3) is 0 Å². The average molecular weight is 257 g/mol. The molecular formula is C13H20FNO3. The average Bonchev–Trinajstić information content (AvgIpc) is 2.32. The van der Waals surface area contributed by atoms with Crippen LogP contribution >= 0.6 is 0 Å². The van der Waals surface area contributed by atoms with Gasteiger partial charge in [-0.2, -0.15) is 0 Å². The minimum absolute atomic E-state index is 0.153. The predicted molar refractivity (Wildman–Crippen MR) is 67.2 cm³/mol. The molecule has 0 fully saturated rings. The van der Waals surface area contributed by atoms with Gasteiger partial charge in [0.05, 0.1) is 12.7 Å². The van der Waals surface area contributed by atoms with Gasteiger partial charge in [-0.3, -0.25) is 0 Å². The molecule has 4 nitrogen and oxygen atoms in total. The van der Waals surface area contributed by atoms with Crippen molar-refractivity contribution in [1.29, 1.82) is 0 Å². The molecule has 0 radical (unpaired) electrons. The van der Waals surface area contributed by atoms with E-state index in [1.54, 1.807) is 20.1 Å². The molecule has 0 saturated carbocycles. The second-order valence-electron chi connectivity index (χ2n) is 4.12. The molecule has 1 unspecified atom stereocenters. The number of aliphatic hydroxyl groups is 1. The fraction of sp³-hybridized carbons (Fsp3) is 0.538. The summed E-state index contributed by atoms with van der Waals surface area (Å²) in [6.07, 6.45) is -0.573. The van der Waals surface area contributed by atoms with Gasteiger partial charge in [-0.25, -0.2) is 4.39 Å². The normalized spacial score (nSPS) is 12.4. The van der Waals surface area contributed by atoms with Gasteiger partial charge >= 0.3 is 0 Å². The van der Waals surface area contributed by atoms with Crippen LogP contribution < -0.4 is 10.1 Å². The highest BCUT2D eigenvalue weighted by Crippen LogP contribution is 2.16. The largest absolute Gasteiger partial charge is 0.491 e. The third kappa shape index (κ3) is 5.95. The first-order chi connectivity index (χ1) is 8.61. The summed E-state index contributed by atoms with van der Waals surface area (Å²) in [5.41, 5.74) is 0.798. The minimum atomic E-state index is -0.573. The molecular weight excluding hydrogens is 237 g/mol. The van der Waals surface area contributed by atoms with E-state index in [2.05, 4.69) is 5.32 Å². The van der Waals surface area contributed by atoms with Gasteiger partial charge in [0, 0.05) is 26.3 Å². The van der Waals surface area contributed by atoms with E-state index in [0.717, 1.165) is 5.56 Å². The number of hydrogen-bond acceptors (Lipinski definition) is 4. The molecule has 1 rings (SSSR count). The molecule has 0 spiro atoms. The van der Waals surface area contributed by atoms with E-state index in [-0.39, 0.29) is 12.4 Å². The van der Waals surface area contributed by atoms with E-state index >= 15 is 0 Å². The van der Waals surface area contributed by atoms with E-state index in [1.807, 2.05) is 0 Å². The molecule has 0 aliphatic carbocycles. The number of halogens is 1.